The lowest BCUT2D eigenvalue weighted by Crippen LogP contribution is -2.23. The molecule has 0 spiro atoms. The topological polar surface area (TPSA) is 93.7 Å². The molecule has 1 unspecified atom stereocenters. The largest absolute Gasteiger partial charge is 0.495 e. The molecule has 0 aliphatic rings. The molecule has 0 saturated carbocycles. The molecule has 2 aromatic carbocycles. The predicted octanol–water partition coefficient (Wildman–Crippen LogP) is 2.90. The number of carbonyl (C=O) groups excluding carboxylic acids is 1. The van der Waals surface area contributed by atoms with E-state index >= 15 is 0 Å². The minimum Gasteiger partial charge on any atom is -0.495 e. The zero-order valence-electron chi connectivity index (χ0n) is 17.4. The van der Waals surface area contributed by atoms with Gasteiger partial charge in [-0.1, -0.05) is 36.4 Å². The number of methoxy groups -OCH3 is 1. The lowest BCUT2D eigenvalue weighted by atomic mass is 10.1. The van der Waals surface area contributed by atoms with Crippen molar-refractivity contribution in [3.63, 3.8) is 0 Å². The highest BCUT2D eigenvalue weighted by Gasteiger charge is 2.17. The fraction of sp³-hybridized carbons (Fsp3) is 0.318. The predicted molar refractivity (Wildman–Crippen MR) is 117 cm³/mol. The average Bonchev–Trinajstić information content (AvgIpc) is 2.77. The summed E-state index contributed by atoms with van der Waals surface area (Å²) in [5, 5.41) is 2.78. The number of hydrogen-bond donors (Lipinski definition) is 2. The Kier molecular flexibility index (Phi) is 9.04. The molecular formula is C22H28N2O5S. The molecule has 0 aliphatic carbocycles. The molecule has 162 valence electrons. The van der Waals surface area contributed by atoms with E-state index in [1.807, 2.05) is 37.3 Å². The maximum atomic E-state index is 12.1. The molecule has 7 nitrogen and oxygen atoms in total. The Morgan fingerprint density at radius 3 is 2.57 bits per heavy atom. The first-order valence-electron chi connectivity index (χ1n) is 9.61. The van der Waals surface area contributed by atoms with Gasteiger partial charge in [-0.25, -0.2) is 13.1 Å². The fourth-order valence-corrected chi connectivity index (χ4v) is 3.64. The number of amides is 1. The van der Waals surface area contributed by atoms with Crippen LogP contribution in [0.2, 0.25) is 0 Å². The Hall–Kier alpha value is -2.68. The molecule has 2 aromatic rings. The van der Waals surface area contributed by atoms with Crippen LogP contribution < -0.4 is 14.8 Å². The summed E-state index contributed by atoms with van der Waals surface area (Å²) in [6.07, 6.45) is 3.60. The number of sulfonamides is 1. The van der Waals surface area contributed by atoms with Crippen molar-refractivity contribution in [3.8, 4) is 5.75 Å². The molecule has 0 bridgehead atoms. The van der Waals surface area contributed by atoms with Gasteiger partial charge in [0, 0.05) is 19.2 Å². The number of hydrogen-bond acceptors (Lipinski definition) is 5. The van der Waals surface area contributed by atoms with Crippen molar-refractivity contribution >= 4 is 22.0 Å². The molecular weight excluding hydrogens is 404 g/mol. The molecule has 0 radical (unpaired) electrons. The zero-order valence-corrected chi connectivity index (χ0v) is 18.2. The van der Waals surface area contributed by atoms with Crippen molar-refractivity contribution in [1.29, 1.82) is 0 Å². The minimum absolute atomic E-state index is 0.0000421. The molecule has 1 amide bonds. The van der Waals surface area contributed by atoms with E-state index < -0.39 is 10.0 Å². The van der Waals surface area contributed by atoms with Crippen molar-refractivity contribution in [2.75, 3.05) is 27.3 Å². The van der Waals surface area contributed by atoms with Crippen molar-refractivity contribution in [3.05, 3.63) is 65.7 Å². The summed E-state index contributed by atoms with van der Waals surface area (Å²) in [6.45, 7) is 3.00. The standard InChI is InChI=1S/C22H28N2O5S/c1-17(19-8-5-4-6-9-19)29-15-7-14-24-22(25)13-11-18-10-12-20(28-3)21(16-18)30(26,27)23-2/h4-6,8-13,16-17,23H,7,14-15H2,1-3H3,(H,24,25)/b13-11+. The van der Waals surface area contributed by atoms with Crippen molar-refractivity contribution in [2.24, 2.45) is 0 Å². The third-order valence-electron chi connectivity index (χ3n) is 4.43. The highest BCUT2D eigenvalue weighted by atomic mass is 32.2. The fourth-order valence-electron chi connectivity index (χ4n) is 2.71. The summed E-state index contributed by atoms with van der Waals surface area (Å²) in [5.74, 6) is -0.0318. The molecule has 0 saturated heterocycles. The SMILES string of the molecule is CNS(=O)(=O)c1cc(/C=C/C(=O)NCCCOC(C)c2ccccc2)ccc1OC. The zero-order chi connectivity index (χ0) is 22.0. The van der Waals surface area contributed by atoms with Crippen molar-refractivity contribution in [2.45, 2.75) is 24.3 Å². The van der Waals surface area contributed by atoms with Gasteiger partial charge in [0.15, 0.2) is 0 Å². The Bertz CT molecular complexity index is 959. The highest BCUT2D eigenvalue weighted by Crippen LogP contribution is 2.25. The molecule has 2 rings (SSSR count). The monoisotopic (exact) mass is 432 g/mol. The van der Waals surface area contributed by atoms with E-state index in [-0.39, 0.29) is 22.7 Å². The van der Waals surface area contributed by atoms with Crippen molar-refractivity contribution < 1.29 is 22.7 Å². The summed E-state index contributed by atoms with van der Waals surface area (Å²) < 4.78 is 37.3. The van der Waals surface area contributed by atoms with Crippen LogP contribution in [0.3, 0.4) is 0 Å². The smallest absolute Gasteiger partial charge is 0.244 e. The first-order chi connectivity index (χ1) is 14.4. The Morgan fingerprint density at radius 1 is 1.17 bits per heavy atom. The molecule has 0 aliphatic heterocycles. The van der Waals surface area contributed by atoms with Crippen LogP contribution in [0.1, 0.15) is 30.6 Å². The summed E-state index contributed by atoms with van der Waals surface area (Å²) in [4.78, 5) is 12.0. The van der Waals surface area contributed by atoms with Gasteiger partial charge in [0.1, 0.15) is 10.6 Å². The van der Waals surface area contributed by atoms with E-state index in [0.717, 1.165) is 5.56 Å². The van der Waals surface area contributed by atoms with Gasteiger partial charge >= 0.3 is 0 Å². The molecule has 0 aromatic heterocycles. The summed E-state index contributed by atoms with van der Waals surface area (Å²) in [5.41, 5.74) is 1.68. The summed E-state index contributed by atoms with van der Waals surface area (Å²) in [7, 11) is -0.945. The summed E-state index contributed by atoms with van der Waals surface area (Å²) in [6, 6.07) is 14.6. The van der Waals surface area contributed by atoms with E-state index in [2.05, 4.69) is 10.0 Å². The molecule has 8 heteroatoms. The lowest BCUT2D eigenvalue weighted by Gasteiger charge is -2.13. The second-order valence-corrected chi connectivity index (χ2v) is 8.37. The van der Waals surface area contributed by atoms with Gasteiger partial charge in [-0.3, -0.25) is 4.79 Å². The third-order valence-corrected chi connectivity index (χ3v) is 5.87. The summed E-state index contributed by atoms with van der Waals surface area (Å²) >= 11 is 0. The first kappa shape index (κ1) is 23.6. The van der Waals surface area contributed by atoms with Gasteiger partial charge in [0.2, 0.25) is 15.9 Å². The normalized spacial score (nSPS) is 12.6. The third kappa shape index (κ3) is 6.98. The van der Waals surface area contributed by atoms with Gasteiger partial charge < -0.3 is 14.8 Å². The van der Waals surface area contributed by atoms with Crippen LogP contribution in [0.4, 0.5) is 0 Å². The molecule has 30 heavy (non-hydrogen) atoms. The van der Waals surface area contributed by atoms with Gasteiger partial charge in [-0.05, 0) is 49.7 Å². The second kappa shape index (κ2) is 11.5. The van der Waals surface area contributed by atoms with Crippen LogP contribution in [0.5, 0.6) is 5.75 Å². The molecule has 1 atom stereocenters. The lowest BCUT2D eigenvalue weighted by molar-refractivity contribution is -0.116. The quantitative estimate of drug-likeness (QED) is 0.421. The number of carbonyl (C=O) groups is 1. The minimum atomic E-state index is -3.67. The van der Waals surface area contributed by atoms with E-state index in [4.69, 9.17) is 9.47 Å². The maximum Gasteiger partial charge on any atom is 0.244 e. The molecule has 0 heterocycles. The number of ether oxygens (including phenoxy) is 2. The van der Waals surface area contributed by atoms with Crippen LogP contribution in [-0.2, 0) is 19.6 Å². The number of nitrogens with one attached hydrogen (secondary N) is 2. The van der Waals surface area contributed by atoms with Crippen LogP contribution in [0.15, 0.2) is 59.5 Å². The van der Waals surface area contributed by atoms with E-state index in [0.29, 0.717) is 25.1 Å². The van der Waals surface area contributed by atoms with Crippen molar-refractivity contribution in [1.82, 2.24) is 10.0 Å². The van der Waals surface area contributed by atoms with Gasteiger partial charge in [0.05, 0.1) is 13.2 Å². The van der Waals surface area contributed by atoms with E-state index in [1.54, 1.807) is 18.2 Å². The molecule has 0 fully saturated rings. The number of rotatable bonds is 11. The molecule has 2 N–H and O–H groups in total. The Labute approximate surface area is 178 Å². The van der Waals surface area contributed by atoms with Gasteiger partial charge in [-0.2, -0.15) is 0 Å². The number of benzene rings is 2. The Morgan fingerprint density at radius 2 is 1.90 bits per heavy atom. The van der Waals surface area contributed by atoms with Crippen LogP contribution >= 0.6 is 0 Å². The van der Waals surface area contributed by atoms with Crippen LogP contribution in [0.25, 0.3) is 6.08 Å². The first-order valence-corrected chi connectivity index (χ1v) is 11.1. The average molecular weight is 433 g/mol. The van der Waals surface area contributed by atoms with Gasteiger partial charge in [0.25, 0.3) is 0 Å². The highest BCUT2D eigenvalue weighted by molar-refractivity contribution is 7.89. The van der Waals surface area contributed by atoms with Gasteiger partial charge in [-0.15, -0.1) is 0 Å². The van der Waals surface area contributed by atoms with Crippen LogP contribution in [0, 0.1) is 0 Å². The Balaban J connectivity index is 1.81. The van der Waals surface area contributed by atoms with E-state index in [1.165, 1.54) is 26.3 Å². The second-order valence-electron chi connectivity index (χ2n) is 6.52. The van der Waals surface area contributed by atoms with Crippen LogP contribution in [-0.4, -0.2) is 41.6 Å². The van der Waals surface area contributed by atoms with E-state index in [9.17, 15) is 13.2 Å². The maximum absolute atomic E-state index is 12.1.